The van der Waals surface area contributed by atoms with E-state index in [4.69, 9.17) is 37.1 Å². The molecule has 0 aliphatic carbocycles. The first kappa shape index (κ1) is 30.9. The molecule has 3 heterocycles. The predicted molar refractivity (Wildman–Crippen MR) is 119 cm³/mol. The fourth-order valence-electron chi connectivity index (χ4n) is 2.20. The van der Waals surface area contributed by atoms with Crippen LogP contribution in [0.2, 0.25) is 5.02 Å². The third kappa shape index (κ3) is 8.49. The molecule has 0 aromatic carbocycles. The van der Waals surface area contributed by atoms with Gasteiger partial charge >= 0.3 is 24.3 Å². The van der Waals surface area contributed by atoms with Gasteiger partial charge in [-0.25, -0.2) is 19.6 Å². The Morgan fingerprint density at radius 2 is 1.58 bits per heavy atom. The molecule has 0 saturated heterocycles. The Labute approximate surface area is 210 Å². The van der Waals surface area contributed by atoms with Crippen LogP contribution in [0.3, 0.4) is 0 Å². The van der Waals surface area contributed by atoms with E-state index in [1.807, 2.05) is 19.2 Å². The Bertz CT molecular complexity index is 1220. The van der Waals surface area contributed by atoms with Crippen molar-refractivity contribution in [1.82, 2.24) is 15.3 Å². The quantitative estimate of drug-likeness (QED) is 0.322. The highest BCUT2D eigenvalue weighted by Gasteiger charge is 2.38. The molecule has 198 valence electrons. The van der Waals surface area contributed by atoms with Gasteiger partial charge in [-0.15, -0.1) is 22.7 Å². The summed E-state index contributed by atoms with van der Waals surface area (Å²) in [4.78, 5) is 39.9. The van der Waals surface area contributed by atoms with Crippen LogP contribution in [0.4, 0.5) is 32.0 Å². The lowest BCUT2D eigenvalue weighted by Crippen LogP contribution is -2.22. The van der Waals surface area contributed by atoms with Crippen LogP contribution >= 0.6 is 34.3 Å². The van der Waals surface area contributed by atoms with Crippen LogP contribution in [-0.4, -0.2) is 50.4 Å². The number of amides is 1. The molecule has 0 atom stereocenters. The van der Waals surface area contributed by atoms with Gasteiger partial charge in [-0.05, 0) is 19.4 Å². The summed E-state index contributed by atoms with van der Waals surface area (Å²) in [6, 6.07) is 0. The van der Waals surface area contributed by atoms with Crippen molar-refractivity contribution in [3.63, 3.8) is 0 Å². The van der Waals surface area contributed by atoms with Gasteiger partial charge in [0.05, 0.1) is 22.9 Å². The van der Waals surface area contributed by atoms with Gasteiger partial charge < -0.3 is 21.3 Å². The van der Waals surface area contributed by atoms with E-state index in [1.165, 1.54) is 22.7 Å². The monoisotopic (exact) mass is 580 g/mol. The minimum atomic E-state index is -5.08. The van der Waals surface area contributed by atoms with Crippen LogP contribution in [0.5, 0.6) is 0 Å². The number of hydrogen-bond acceptors (Lipinski definition) is 8. The van der Waals surface area contributed by atoms with E-state index in [-0.39, 0.29) is 5.91 Å². The van der Waals surface area contributed by atoms with E-state index >= 15 is 0 Å². The normalized spacial score (nSPS) is 11.1. The maximum Gasteiger partial charge on any atom is 0.490 e. The van der Waals surface area contributed by atoms with Crippen LogP contribution in [-0.2, 0) is 16.1 Å². The minimum absolute atomic E-state index is 0.219. The number of carbonyl (C=O) groups is 3. The smallest absolute Gasteiger partial charge is 0.475 e. The Morgan fingerprint density at radius 1 is 1.08 bits per heavy atom. The molecule has 0 unspecified atom stereocenters. The van der Waals surface area contributed by atoms with Crippen molar-refractivity contribution >= 4 is 68.0 Å². The Balaban J connectivity index is 0.000000383. The molecule has 0 fully saturated rings. The number of thiophene rings is 1. The van der Waals surface area contributed by atoms with Crippen molar-refractivity contribution in [1.29, 1.82) is 0 Å². The largest absolute Gasteiger partial charge is 0.490 e. The molecular formula is C18H15ClF6N4O5S2. The summed E-state index contributed by atoms with van der Waals surface area (Å²) in [7, 11) is 0. The van der Waals surface area contributed by atoms with Crippen LogP contribution in [0.15, 0.2) is 11.6 Å². The van der Waals surface area contributed by atoms with Crippen molar-refractivity contribution in [2.45, 2.75) is 32.7 Å². The summed E-state index contributed by atoms with van der Waals surface area (Å²) in [6.07, 6.45) is -8.46. The third-order valence-corrected chi connectivity index (χ3v) is 6.23. The maximum absolute atomic E-state index is 12.3. The molecule has 0 spiro atoms. The number of anilines is 1. The number of nitrogens with zero attached hydrogens (tertiary/aromatic N) is 2. The highest BCUT2D eigenvalue weighted by atomic mass is 35.5. The molecule has 0 aliphatic rings. The van der Waals surface area contributed by atoms with E-state index in [9.17, 15) is 31.1 Å². The van der Waals surface area contributed by atoms with Crippen molar-refractivity contribution in [3.05, 3.63) is 37.7 Å². The zero-order chi connectivity index (χ0) is 28.0. The third-order valence-electron chi connectivity index (χ3n) is 3.79. The Hall–Kier alpha value is -3.18. The zero-order valence-electron chi connectivity index (χ0n) is 17.9. The number of thiazole rings is 1. The van der Waals surface area contributed by atoms with Crippen LogP contribution in [0, 0.1) is 13.8 Å². The molecule has 0 bridgehead atoms. The molecule has 3 aromatic heterocycles. The van der Waals surface area contributed by atoms with Gasteiger partial charge in [-0.3, -0.25) is 4.79 Å². The fraction of sp³-hybridized carbons (Fsp3) is 0.278. The summed E-state index contributed by atoms with van der Waals surface area (Å²) >= 11 is 9.00. The molecular weight excluding hydrogens is 566 g/mol. The zero-order valence-corrected chi connectivity index (χ0v) is 20.3. The minimum Gasteiger partial charge on any atom is -0.475 e. The van der Waals surface area contributed by atoms with Gasteiger partial charge in [0.1, 0.15) is 14.7 Å². The summed E-state index contributed by atoms with van der Waals surface area (Å²) < 4.78 is 63.5. The maximum atomic E-state index is 12.3. The number of alkyl halides is 6. The lowest BCUT2D eigenvalue weighted by molar-refractivity contribution is -0.193. The number of fused-ring (bicyclic) bond motifs is 1. The van der Waals surface area contributed by atoms with Crippen LogP contribution in [0.1, 0.15) is 25.9 Å². The summed E-state index contributed by atoms with van der Waals surface area (Å²) in [5.41, 5.74) is 8.18. The van der Waals surface area contributed by atoms with Crippen LogP contribution in [0.25, 0.3) is 10.2 Å². The molecule has 0 aliphatic heterocycles. The fourth-order valence-corrected chi connectivity index (χ4v) is 4.01. The van der Waals surface area contributed by atoms with E-state index in [0.717, 1.165) is 26.5 Å². The molecule has 1 amide bonds. The SMILES string of the molecule is Cc1nc2sc(C(=O)NCc3nccs3)c(N)c2c(C)c1Cl.O=C(O)C(F)(F)F.O=C(O)C(F)(F)F. The van der Waals surface area contributed by atoms with Gasteiger partial charge in [-0.1, -0.05) is 11.6 Å². The van der Waals surface area contributed by atoms with E-state index < -0.39 is 24.3 Å². The van der Waals surface area contributed by atoms with E-state index in [2.05, 4.69) is 15.3 Å². The van der Waals surface area contributed by atoms with E-state index in [0.29, 0.717) is 22.1 Å². The lowest BCUT2D eigenvalue weighted by Gasteiger charge is -2.04. The highest BCUT2D eigenvalue weighted by molar-refractivity contribution is 7.21. The molecule has 3 aromatic rings. The first-order valence-corrected chi connectivity index (χ1v) is 11.1. The second kappa shape index (κ2) is 12.2. The van der Waals surface area contributed by atoms with Gasteiger partial charge in [0.15, 0.2) is 0 Å². The Morgan fingerprint density at radius 3 is 2.00 bits per heavy atom. The van der Waals surface area contributed by atoms with Crippen molar-refractivity contribution < 1.29 is 50.9 Å². The molecule has 0 radical (unpaired) electrons. The second-order valence-corrected chi connectivity index (χ2v) is 8.73. The van der Waals surface area contributed by atoms with Gasteiger partial charge in [0.25, 0.3) is 5.91 Å². The number of carboxylic acids is 2. The average Bonchev–Trinajstić information content (AvgIpc) is 3.38. The summed E-state index contributed by atoms with van der Waals surface area (Å²) in [5.74, 6) is -5.73. The topological polar surface area (TPSA) is 156 Å². The number of carboxylic acid groups (broad SMARTS) is 2. The number of carbonyl (C=O) groups excluding carboxylic acids is 1. The van der Waals surface area contributed by atoms with Crippen molar-refractivity contribution in [2.24, 2.45) is 0 Å². The lowest BCUT2D eigenvalue weighted by atomic mass is 10.1. The Kier molecular flexibility index (Phi) is 10.4. The number of nitrogens with two attached hydrogens (primary N) is 1. The number of nitrogens with one attached hydrogen (secondary N) is 1. The molecule has 0 saturated carbocycles. The van der Waals surface area contributed by atoms with Crippen LogP contribution < -0.4 is 11.1 Å². The number of aryl methyl sites for hydroxylation is 2. The summed E-state index contributed by atoms with van der Waals surface area (Å²) in [5, 5.41) is 21.2. The predicted octanol–water partition coefficient (Wildman–Crippen LogP) is 4.80. The molecule has 36 heavy (non-hydrogen) atoms. The number of pyridine rings is 1. The number of aromatic nitrogens is 2. The summed E-state index contributed by atoms with van der Waals surface area (Å²) in [6.45, 7) is 4.11. The molecule has 5 N–H and O–H groups in total. The van der Waals surface area contributed by atoms with Gasteiger partial charge in [-0.2, -0.15) is 26.3 Å². The number of aliphatic carboxylic acids is 2. The van der Waals surface area contributed by atoms with E-state index in [1.54, 1.807) is 6.20 Å². The average molecular weight is 581 g/mol. The number of rotatable bonds is 3. The first-order valence-electron chi connectivity index (χ1n) is 8.99. The first-order chi connectivity index (χ1) is 16.4. The van der Waals surface area contributed by atoms with Crippen molar-refractivity contribution in [3.8, 4) is 0 Å². The number of hydrogen-bond donors (Lipinski definition) is 4. The highest BCUT2D eigenvalue weighted by Crippen LogP contribution is 2.38. The van der Waals surface area contributed by atoms with Gasteiger partial charge in [0.2, 0.25) is 0 Å². The number of nitrogen functional groups attached to an aromatic ring is 1. The molecule has 9 nitrogen and oxygen atoms in total. The van der Waals surface area contributed by atoms with Crippen molar-refractivity contribution in [2.75, 3.05) is 5.73 Å². The number of halogens is 7. The molecule has 3 rings (SSSR count). The van der Waals surface area contributed by atoms with Gasteiger partial charge in [0, 0.05) is 17.0 Å². The second-order valence-electron chi connectivity index (χ2n) is 6.38. The molecule has 18 heteroatoms. The standard InChI is InChI=1S/C14H13ClN4OS2.2C2HF3O2/c1-6-9-11(16)12(22-14(9)19-7(2)10(6)15)13(20)18-5-8-17-3-4-21-8;2*3-2(4,5)1(6)7/h3-4H,5,16H2,1-2H3,(H,18,20);2*(H,6,7).